The number of hydrogen-bond acceptors (Lipinski definition) is 7. The highest BCUT2D eigenvalue weighted by Crippen LogP contribution is 2.33. The van der Waals surface area contributed by atoms with Gasteiger partial charge in [0, 0.05) is 11.8 Å². The average molecular weight is 433 g/mol. The second-order valence-electron chi connectivity index (χ2n) is 9.25. The molecule has 0 aliphatic carbocycles. The number of hydrogen-bond donors (Lipinski definition) is 4. The number of nitrogens with one attached hydrogen (secondary N) is 1. The van der Waals surface area contributed by atoms with E-state index in [9.17, 15) is 20.1 Å². The summed E-state index contributed by atoms with van der Waals surface area (Å²) in [5.74, 6) is 0.455. The highest BCUT2D eigenvalue weighted by atomic mass is 32.2. The van der Waals surface area contributed by atoms with Crippen LogP contribution in [0.5, 0.6) is 0 Å². The molecule has 8 heteroatoms. The molecular formula is C21H40N2O5S. The molecule has 0 aromatic rings. The molecule has 0 spiro atoms. The van der Waals surface area contributed by atoms with Gasteiger partial charge >= 0.3 is 0 Å². The van der Waals surface area contributed by atoms with E-state index in [1.165, 1.54) is 11.8 Å². The summed E-state index contributed by atoms with van der Waals surface area (Å²) in [5, 5.41) is 34.6. The Bertz CT molecular complexity index is 535. The van der Waals surface area contributed by atoms with E-state index in [1.54, 1.807) is 0 Å². The van der Waals surface area contributed by atoms with Crippen LogP contribution in [0.3, 0.4) is 0 Å². The van der Waals surface area contributed by atoms with Crippen molar-refractivity contribution in [3.63, 3.8) is 0 Å². The molecule has 0 aromatic carbocycles. The van der Waals surface area contributed by atoms with E-state index in [4.69, 9.17) is 4.74 Å². The smallest absolute Gasteiger partial charge is 0.237 e. The minimum atomic E-state index is -1.31. The molecule has 2 rings (SSSR count). The molecule has 29 heavy (non-hydrogen) atoms. The van der Waals surface area contributed by atoms with Crippen molar-refractivity contribution in [3.05, 3.63) is 0 Å². The van der Waals surface area contributed by atoms with Gasteiger partial charge in [0.25, 0.3) is 0 Å². The second-order valence-corrected chi connectivity index (χ2v) is 10.9. The molecular weight excluding hydrogens is 392 g/mol. The maximum absolute atomic E-state index is 13.1. The summed E-state index contributed by atoms with van der Waals surface area (Å²) in [7, 11) is 1.98. The van der Waals surface area contributed by atoms with Gasteiger partial charge in [0.2, 0.25) is 5.91 Å². The number of likely N-dealkylation sites (N-methyl/N-ethyl adjacent to an activating group) is 1. The minimum Gasteiger partial charge on any atom is -0.388 e. The van der Waals surface area contributed by atoms with Crippen LogP contribution in [0.2, 0.25) is 0 Å². The number of thioether (sulfide) groups is 1. The minimum absolute atomic E-state index is 0.0103. The monoisotopic (exact) mass is 432 g/mol. The molecule has 0 bridgehead atoms. The standard InChI is InChI=1S/C21H40N2O5S/c1-7-8-13-9-14(23(6)10-13)20(27)22-15(11(2)3)19-17(25)16(24)18(26)21(28-19)29-12(4)5/h11-19,21,24-26H,7-10H2,1-6H3,(H,22,27)/t13-,14+,15-,16+,17-,18-,19-,21-/m1/s1. The molecule has 0 aromatic heterocycles. The number of ether oxygens (including phenoxy) is 1. The van der Waals surface area contributed by atoms with E-state index in [1.807, 2.05) is 34.7 Å². The first-order chi connectivity index (χ1) is 13.6. The van der Waals surface area contributed by atoms with Crippen molar-refractivity contribution in [2.45, 2.75) is 101 Å². The summed E-state index contributed by atoms with van der Waals surface area (Å²) in [6.45, 7) is 11.0. The first-order valence-corrected chi connectivity index (χ1v) is 11.9. The third-order valence-electron chi connectivity index (χ3n) is 6.03. The highest BCUT2D eigenvalue weighted by molar-refractivity contribution is 8.00. The van der Waals surface area contributed by atoms with Gasteiger partial charge in [-0.05, 0) is 31.7 Å². The Morgan fingerprint density at radius 3 is 2.38 bits per heavy atom. The van der Waals surface area contributed by atoms with Crippen molar-refractivity contribution in [2.24, 2.45) is 11.8 Å². The van der Waals surface area contributed by atoms with Crippen LogP contribution in [-0.2, 0) is 9.53 Å². The molecule has 7 nitrogen and oxygen atoms in total. The lowest BCUT2D eigenvalue weighted by atomic mass is 9.88. The van der Waals surface area contributed by atoms with Crippen molar-refractivity contribution >= 4 is 17.7 Å². The molecule has 1 amide bonds. The SMILES string of the molecule is CCC[C@@H]1C[C@@H](C(=O)N[C@H](C(C)C)[C@H]2O[C@H](SC(C)C)[C@H](O)[C@@H](O)[C@H]2O)N(C)C1. The van der Waals surface area contributed by atoms with Gasteiger partial charge < -0.3 is 25.4 Å². The predicted molar refractivity (Wildman–Crippen MR) is 116 cm³/mol. The van der Waals surface area contributed by atoms with E-state index >= 15 is 0 Å². The van der Waals surface area contributed by atoms with Crippen molar-refractivity contribution in [2.75, 3.05) is 13.6 Å². The third-order valence-corrected chi connectivity index (χ3v) is 7.23. The molecule has 0 saturated carbocycles. The van der Waals surface area contributed by atoms with E-state index in [0.29, 0.717) is 5.92 Å². The Hall–Kier alpha value is -0.380. The number of nitrogens with zero attached hydrogens (tertiary/aromatic N) is 1. The molecule has 2 fully saturated rings. The fraction of sp³-hybridized carbons (Fsp3) is 0.952. The Morgan fingerprint density at radius 2 is 1.83 bits per heavy atom. The molecule has 0 unspecified atom stereocenters. The summed E-state index contributed by atoms with van der Waals surface area (Å²) in [6, 6.07) is -0.654. The Labute approximate surface area is 179 Å². The Morgan fingerprint density at radius 1 is 1.17 bits per heavy atom. The highest BCUT2D eigenvalue weighted by Gasteiger charge is 2.48. The number of amides is 1. The van der Waals surface area contributed by atoms with Crippen molar-refractivity contribution in [1.29, 1.82) is 0 Å². The van der Waals surface area contributed by atoms with Crippen LogP contribution in [0, 0.1) is 11.8 Å². The van der Waals surface area contributed by atoms with Crippen LogP contribution in [0.1, 0.15) is 53.9 Å². The number of rotatable bonds is 8. The van der Waals surface area contributed by atoms with Crippen LogP contribution in [0.4, 0.5) is 0 Å². The molecule has 4 N–H and O–H groups in total. The van der Waals surface area contributed by atoms with E-state index < -0.39 is 35.9 Å². The van der Waals surface area contributed by atoms with Crippen molar-refractivity contribution in [1.82, 2.24) is 10.2 Å². The Kier molecular flexibility index (Phi) is 9.25. The van der Waals surface area contributed by atoms with Gasteiger partial charge in [-0.3, -0.25) is 9.69 Å². The number of aliphatic hydroxyl groups excluding tert-OH is 3. The molecule has 2 heterocycles. The third kappa shape index (κ3) is 6.08. The quantitative estimate of drug-likeness (QED) is 0.457. The second kappa shape index (κ2) is 10.8. The van der Waals surface area contributed by atoms with E-state index in [-0.39, 0.29) is 23.1 Å². The fourth-order valence-corrected chi connectivity index (χ4v) is 5.52. The molecule has 170 valence electrons. The van der Waals surface area contributed by atoms with Gasteiger partial charge in [-0.1, -0.05) is 41.0 Å². The summed E-state index contributed by atoms with van der Waals surface area (Å²) in [5.41, 5.74) is -0.653. The lowest BCUT2D eigenvalue weighted by molar-refractivity contribution is -0.208. The van der Waals surface area contributed by atoms with Crippen LogP contribution in [-0.4, -0.2) is 86.9 Å². The van der Waals surface area contributed by atoms with Gasteiger partial charge in [0.05, 0.1) is 12.1 Å². The molecule has 2 aliphatic rings. The number of aliphatic hydroxyl groups is 3. The first-order valence-electron chi connectivity index (χ1n) is 10.9. The van der Waals surface area contributed by atoms with Gasteiger partial charge in [0.1, 0.15) is 29.9 Å². The zero-order chi connectivity index (χ0) is 21.9. The fourth-order valence-electron chi connectivity index (χ4n) is 4.47. The van der Waals surface area contributed by atoms with Crippen LogP contribution >= 0.6 is 11.8 Å². The van der Waals surface area contributed by atoms with E-state index in [2.05, 4.69) is 17.1 Å². The zero-order valence-corrected chi connectivity index (χ0v) is 19.4. The largest absolute Gasteiger partial charge is 0.388 e. The predicted octanol–water partition coefficient (Wildman–Crippen LogP) is 1.20. The Balaban J connectivity index is 2.12. The summed E-state index contributed by atoms with van der Waals surface area (Å²) < 4.78 is 6.04. The van der Waals surface area contributed by atoms with Crippen molar-refractivity contribution in [3.8, 4) is 0 Å². The van der Waals surface area contributed by atoms with Gasteiger partial charge in [-0.25, -0.2) is 0 Å². The maximum Gasteiger partial charge on any atom is 0.237 e. The van der Waals surface area contributed by atoms with Crippen LogP contribution in [0.25, 0.3) is 0 Å². The normalized spacial score (nSPS) is 37.3. The molecule has 0 radical (unpaired) electrons. The number of carbonyl (C=O) groups excluding carboxylic acids is 1. The molecule has 8 atom stereocenters. The average Bonchev–Trinajstić information content (AvgIpc) is 3.00. The van der Waals surface area contributed by atoms with Gasteiger partial charge in [-0.2, -0.15) is 0 Å². The van der Waals surface area contributed by atoms with Gasteiger partial charge in [-0.15, -0.1) is 11.8 Å². The van der Waals surface area contributed by atoms with Crippen molar-refractivity contribution < 1.29 is 24.9 Å². The topological polar surface area (TPSA) is 102 Å². The lowest BCUT2D eigenvalue weighted by Gasteiger charge is -2.45. The lowest BCUT2D eigenvalue weighted by Crippen LogP contribution is -2.64. The molecule has 2 aliphatic heterocycles. The summed E-state index contributed by atoms with van der Waals surface area (Å²) >= 11 is 1.41. The zero-order valence-electron chi connectivity index (χ0n) is 18.6. The van der Waals surface area contributed by atoms with Crippen LogP contribution < -0.4 is 5.32 Å². The van der Waals surface area contributed by atoms with Gasteiger partial charge in [0.15, 0.2) is 0 Å². The maximum atomic E-state index is 13.1. The van der Waals surface area contributed by atoms with E-state index in [0.717, 1.165) is 25.8 Å². The van der Waals surface area contributed by atoms with Crippen LogP contribution in [0.15, 0.2) is 0 Å². The number of likely N-dealkylation sites (tertiary alicyclic amines) is 1. The summed E-state index contributed by atoms with van der Waals surface area (Å²) in [6.07, 6.45) is -1.48. The number of carbonyl (C=O) groups is 1. The first kappa shape index (κ1) is 24.9. The molecule has 2 saturated heterocycles. The summed E-state index contributed by atoms with van der Waals surface area (Å²) in [4.78, 5) is 15.2.